The highest BCUT2D eigenvalue weighted by Gasteiger charge is 2.33. The molecule has 0 saturated heterocycles. The van der Waals surface area contributed by atoms with Crippen LogP contribution in [0.2, 0.25) is 0 Å². The van der Waals surface area contributed by atoms with Gasteiger partial charge in [0.05, 0.1) is 5.56 Å². The molecule has 0 unspecified atom stereocenters. The first-order valence-electron chi connectivity index (χ1n) is 7.49. The Bertz CT molecular complexity index is 483. The van der Waals surface area contributed by atoms with Gasteiger partial charge < -0.3 is 10.5 Å². The number of thiocarbonyl (C=S) groups is 1. The highest BCUT2D eigenvalue weighted by molar-refractivity contribution is 7.80. The first kappa shape index (κ1) is 13.8. The number of benzene rings is 1. The summed E-state index contributed by atoms with van der Waals surface area (Å²) in [6.07, 6.45) is 5.54. The molecule has 108 valence electrons. The molecule has 0 radical (unpaired) electrons. The minimum absolute atomic E-state index is 0.401. The standard InChI is InChI=1S/C16H22N2OS/c17-16(20)14-3-1-2-4-15(14)19-10-9-18(13-7-8-13)11-12-5-6-12/h1-4,12-13H,5-11H2,(H2,17,20). The summed E-state index contributed by atoms with van der Waals surface area (Å²) in [6, 6.07) is 8.56. The average Bonchev–Trinajstić information content (AvgIpc) is 3.31. The lowest BCUT2D eigenvalue weighted by molar-refractivity contribution is 0.195. The van der Waals surface area contributed by atoms with Crippen molar-refractivity contribution in [3.63, 3.8) is 0 Å². The van der Waals surface area contributed by atoms with Crippen LogP contribution in [0.25, 0.3) is 0 Å². The van der Waals surface area contributed by atoms with Gasteiger partial charge in [-0.3, -0.25) is 4.90 Å². The van der Waals surface area contributed by atoms with Crippen molar-refractivity contribution in [2.75, 3.05) is 19.7 Å². The van der Waals surface area contributed by atoms with Crippen LogP contribution in [0.15, 0.2) is 24.3 Å². The summed E-state index contributed by atoms with van der Waals surface area (Å²) in [5.74, 6) is 1.75. The largest absolute Gasteiger partial charge is 0.492 e. The van der Waals surface area contributed by atoms with Crippen LogP contribution in [0, 0.1) is 5.92 Å². The fourth-order valence-electron chi connectivity index (χ4n) is 2.56. The Hall–Kier alpha value is -1.13. The van der Waals surface area contributed by atoms with E-state index in [0.717, 1.165) is 29.8 Å². The molecule has 0 spiro atoms. The number of hydrogen-bond donors (Lipinski definition) is 1. The summed E-state index contributed by atoms with van der Waals surface area (Å²) < 4.78 is 5.90. The molecule has 0 heterocycles. The zero-order chi connectivity index (χ0) is 13.9. The molecule has 2 N–H and O–H groups in total. The van der Waals surface area contributed by atoms with Gasteiger partial charge in [0.1, 0.15) is 17.3 Å². The van der Waals surface area contributed by atoms with Gasteiger partial charge in [-0.1, -0.05) is 24.4 Å². The molecular weight excluding hydrogens is 268 g/mol. The topological polar surface area (TPSA) is 38.5 Å². The molecule has 4 heteroatoms. The van der Waals surface area contributed by atoms with Crippen LogP contribution >= 0.6 is 12.2 Å². The Morgan fingerprint density at radius 3 is 2.65 bits per heavy atom. The highest BCUT2D eigenvalue weighted by Crippen LogP contribution is 2.34. The molecule has 0 aliphatic heterocycles. The molecule has 0 aromatic heterocycles. The zero-order valence-corrected chi connectivity index (χ0v) is 12.6. The van der Waals surface area contributed by atoms with Gasteiger partial charge in [0.2, 0.25) is 0 Å². The van der Waals surface area contributed by atoms with Gasteiger partial charge in [-0.15, -0.1) is 0 Å². The quantitative estimate of drug-likeness (QED) is 0.747. The lowest BCUT2D eigenvalue weighted by Gasteiger charge is -2.22. The van der Waals surface area contributed by atoms with E-state index in [4.69, 9.17) is 22.7 Å². The summed E-state index contributed by atoms with van der Waals surface area (Å²) in [4.78, 5) is 3.00. The van der Waals surface area contributed by atoms with Crippen molar-refractivity contribution >= 4 is 17.2 Å². The van der Waals surface area contributed by atoms with E-state index >= 15 is 0 Å². The van der Waals surface area contributed by atoms with Gasteiger partial charge in [0.15, 0.2) is 0 Å². The molecule has 1 aromatic rings. The zero-order valence-electron chi connectivity index (χ0n) is 11.8. The third-order valence-electron chi connectivity index (χ3n) is 4.04. The normalized spacial score (nSPS) is 18.2. The Morgan fingerprint density at radius 1 is 1.25 bits per heavy atom. The minimum Gasteiger partial charge on any atom is -0.492 e. The van der Waals surface area contributed by atoms with Gasteiger partial charge >= 0.3 is 0 Å². The van der Waals surface area contributed by atoms with E-state index in [1.807, 2.05) is 24.3 Å². The Morgan fingerprint density at radius 2 is 2.00 bits per heavy atom. The third-order valence-corrected chi connectivity index (χ3v) is 4.26. The molecule has 0 amide bonds. The molecule has 2 aliphatic rings. The maximum absolute atomic E-state index is 5.90. The second-order valence-electron chi connectivity index (χ2n) is 5.88. The Kier molecular flexibility index (Phi) is 4.22. The monoisotopic (exact) mass is 290 g/mol. The number of para-hydroxylation sites is 1. The average molecular weight is 290 g/mol. The van der Waals surface area contributed by atoms with Crippen molar-refractivity contribution in [3.05, 3.63) is 29.8 Å². The van der Waals surface area contributed by atoms with Crippen molar-refractivity contribution in [1.82, 2.24) is 4.90 Å². The fraction of sp³-hybridized carbons (Fsp3) is 0.562. The third kappa shape index (κ3) is 3.70. The second-order valence-corrected chi connectivity index (χ2v) is 6.32. The molecule has 1 aromatic carbocycles. The maximum atomic E-state index is 5.90. The highest BCUT2D eigenvalue weighted by atomic mass is 32.1. The Balaban J connectivity index is 1.52. The molecule has 20 heavy (non-hydrogen) atoms. The molecule has 0 bridgehead atoms. The molecule has 2 aliphatic carbocycles. The lowest BCUT2D eigenvalue weighted by atomic mass is 10.2. The molecular formula is C16H22N2OS. The number of ether oxygens (including phenoxy) is 1. The van der Waals surface area contributed by atoms with E-state index in [1.165, 1.54) is 32.2 Å². The lowest BCUT2D eigenvalue weighted by Crippen LogP contribution is -2.32. The van der Waals surface area contributed by atoms with Gasteiger partial charge in [0.25, 0.3) is 0 Å². The van der Waals surface area contributed by atoms with Crippen LogP contribution in [0.4, 0.5) is 0 Å². The van der Waals surface area contributed by atoms with Crippen LogP contribution in [0.5, 0.6) is 5.75 Å². The maximum Gasteiger partial charge on any atom is 0.129 e. The van der Waals surface area contributed by atoms with Gasteiger partial charge in [0, 0.05) is 19.1 Å². The number of nitrogens with two attached hydrogens (primary N) is 1. The number of hydrogen-bond acceptors (Lipinski definition) is 3. The van der Waals surface area contributed by atoms with Crippen molar-refractivity contribution in [2.45, 2.75) is 31.7 Å². The second kappa shape index (κ2) is 6.10. The molecule has 2 fully saturated rings. The molecule has 3 nitrogen and oxygen atoms in total. The summed E-state index contributed by atoms with van der Waals surface area (Å²) in [6.45, 7) is 2.97. The first-order valence-corrected chi connectivity index (χ1v) is 7.90. The number of nitrogens with zero attached hydrogens (tertiary/aromatic N) is 1. The summed E-state index contributed by atoms with van der Waals surface area (Å²) in [5.41, 5.74) is 6.56. The van der Waals surface area contributed by atoms with E-state index in [9.17, 15) is 0 Å². The smallest absolute Gasteiger partial charge is 0.129 e. The van der Waals surface area contributed by atoms with Crippen molar-refractivity contribution in [1.29, 1.82) is 0 Å². The van der Waals surface area contributed by atoms with Crippen molar-refractivity contribution < 1.29 is 4.74 Å². The fourth-order valence-corrected chi connectivity index (χ4v) is 2.73. The van der Waals surface area contributed by atoms with E-state index in [1.54, 1.807) is 0 Å². The SMILES string of the molecule is NC(=S)c1ccccc1OCCN(CC1CC1)C1CC1. The molecule has 3 rings (SSSR count). The predicted octanol–water partition coefficient (Wildman–Crippen LogP) is 2.57. The summed E-state index contributed by atoms with van der Waals surface area (Å²) in [5, 5.41) is 0. The van der Waals surface area contributed by atoms with Crippen molar-refractivity contribution in [3.8, 4) is 5.75 Å². The van der Waals surface area contributed by atoms with Crippen LogP contribution in [-0.4, -0.2) is 35.6 Å². The number of rotatable bonds is 8. The van der Waals surface area contributed by atoms with Gasteiger partial charge in [-0.05, 0) is 43.7 Å². The van der Waals surface area contributed by atoms with E-state index in [2.05, 4.69) is 4.90 Å². The predicted molar refractivity (Wildman–Crippen MR) is 85.1 cm³/mol. The van der Waals surface area contributed by atoms with E-state index < -0.39 is 0 Å². The van der Waals surface area contributed by atoms with Crippen LogP contribution in [-0.2, 0) is 0 Å². The molecule has 2 saturated carbocycles. The first-order chi connectivity index (χ1) is 9.74. The summed E-state index contributed by atoms with van der Waals surface area (Å²) >= 11 is 5.06. The molecule has 0 atom stereocenters. The van der Waals surface area contributed by atoms with E-state index in [0.29, 0.717) is 11.6 Å². The van der Waals surface area contributed by atoms with Crippen LogP contribution in [0.3, 0.4) is 0 Å². The van der Waals surface area contributed by atoms with Crippen molar-refractivity contribution in [2.24, 2.45) is 11.7 Å². The van der Waals surface area contributed by atoms with E-state index in [-0.39, 0.29) is 0 Å². The van der Waals surface area contributed by atoms with Crippen LogP contribution in [0.1, 0.15) is 31.2 Å². The van der Waals surface area contributed by atoms with Gasteiger partial charge in [-0.2, -0.15) is 0 Å². The van der Waals surface area contributed by atoms with Gasteiger partial charge in [-0.25, -0.2) is 0 Å². The van der Waals surface area contributed by atoms with Crippen LogP contribution < -0.4 is 10.5 Å². The summed E-state index contributed by atoms with van der Waals surface area (Å²) in [7, 11) is 0. The Labute approximate surface area is 126 Å². The minimum atomic E-state index is 0.401.